The number of nitro benzene ring substituents is 2. The second-order valence-corrected chi connectivity index (χ2v) is 4.64. The van der Waals surface area contributed by atoms with Gasteiger partial charge in [0.1, 0.15) is 6.61 Å². The van der Waals surface area contributed by atoms with Crippen LogP contribution in [0.25, 0.3) is 0 Å². The van der Waals surface area contributed by atoms with E-state index in [9.17, 15) is 25.0 Å². The number of carbonyl (C=O) groups excluding carboxylic acids is 1. The molecule has 0 bridgehead atoms. The molecule has 0 aliphatic heterocycles. The third-order valence-corrected chi connectivity index (χ3v) is 3.13. The molecular formula is C15H12N2O7. The second kappa shape index (κ2) is 7.18. The van der Waals surface area contributed by atoms with Crippen molar-refractivity contribution >= 4 is 17.3 Å². The van der Waals surface area contributed by atoms with Gasteiger partial charge in [-0.25, -0.2) is 4.79 Å². The summed E-state index contributed by atoms with van der Waals surface area (Å²) in [5.74, 6) is -0.717. The summed E-state index contributed by atoms with van der Waals surface area (Å²) in [5, 5.41) is 21.5. The number of ether oxygens (including phenoxy) is 2. The maximum Gasteiger partial charge on any atom is 0.338 e. The van der Waals surface area contributed by atoms with Gasteiger partial charge in [0.05, 0.1) is 22.5 Å². The molecule has 9 nitrogen and oxygen atoms in total. The van der Waals surface area contributed by atoms with Gasteiger partial charge < -0.3 is 9.47 Å². The van der Waals surface area contributed by atoms with Crippen LogP contribution in [-0.2, 0) is 11.3 Å². The summed E-state index contributed by atoms with van der Waals surface area (Å²) < 4.78 is 9.90. The first-order valence-corrected chi connectivity index (χ1v) is 6.65. The number of non-ortho nitro benzene ring substituents is 1. The maximum atomic E-state index is 12.0. The zero-order chi connectivity index (χ0) is 17.7. The van der Waals surface area contributed by atoms with Gasteiger partial charge >= 0.3 is 11.7 Å². The van der Waals surface area contributed by atoms with Gasteiger partial charge in [-0.3, -0.25) is 20.2 Å². The van der Waals surface area contributed by atoms with Gasteiger partial charge in [0.15, 0.2) is 5.75 Å². The van der Waals surface area contributed by atoms with E-state index in [1.165, 1.54) is 43.5 Å². The number of benzene rings is 2. The summed E-state index contributed by atoms with van der Waals surface area (Å²) in [6.07, 6.45) is 0. The van der Waals surface area contributed by atoms with Crippen LogP contribution >= 0.6 is 0 Å². The highest BCUT2D eigenvalue weighted by Crippen LogP contribution is 2.27. The van der Waals surface area contributed by atoms with Gasteiger partial charge in [-0.2, -0.15) is 0 Å². The normalized spacial score (nSPS) is 10.0. The average Bonchev–Trinajstić information content (AvgIpc) is 2.59. The highest BCUT2D eigenvalue weighted by Gasteiger charge is 2.19. The monoisotopic (exact) mass is 332 g/mol. The fourth-order valence-corrected chi connectivity index (χ4v) is 1.91. The first-order chi connectivity index (χ1) is 11.4. The van der Waals surface area contributed by atoms with E-state index in [2.05, 4.69) is 0 Å². The molecule has 0 fully saturated rings. The van der Waals surface area contributed by atoms with E-state index in [-0.39, 0.29) is 29.3 Å². The van der Waals surface area contributed by atoms with E-state index >= 15 is 0 Å². The largest absolute Gasteiger partial charge is 0.490 e. The van der Waals surface area contributed by atoms with Crippen molar-refractivity contribution in [3.05, 3.63) is 73.8 Å². The third kappa shape index (κ3) is 3.83. The summed E-state index contributed by atoms with van der Waals surface area (Å²) in [6.45, 7) is -0.114. The van der Waals surface area contributed by atoms with Crippen LogP contribution in [0.3, 0.4) is 0 Å². The van der Waals surface area contributed by atoms with Gasteiger partial charge in [-0.1, -0.05) is 0 Å². The highest BCUT2D eigenvalue weighted by molar-refractivity contribution is 5.90. The number of nitro groups is 2. The quantitative estimate of drug-likeness (QED) is 0.453. The summed E-state index contributed by atoms with van der Waals surface area (Å²) >= 11 is 0. The van der Waals surface area contributed by atoms with Crippen LogP contribution in [-0.4, -0.2) is 22.9 Å². The molecule has 0 saturated heterocycles. The van der Waals surface area contributed by atoms with Crippen molar-refractivity contribution in [3.8, 4) is 5.75 Å². The van der Waals surface area contributed by atoms with E-state index in [1.54, 1.807) is 0 Å². The standard InChI is InChI=1S/C15H12N2O7/c1-23-14-7-4-11(8-13(14)17(21)22)15(18)24-9-10-2-5-12(6-3-10)16(19)20/h2-8H,9H2,1H3. The minimum Gasteiger partial charge on any atom is -0.490 e. The molecule has 0 aliphatic rings. The molecule has 0 unspecified atom stereocenters. The molecule has 0 aliphatic carbocycles. The predicted octanol–water partition coefficient (Wildman–Crippen LogP) is 2.87. The number of carbonyl (C=O) groups is 1. The molecule has 0 heterocycles. The van der Waals surface area contributed by atoms with Crippen LogP contribution in [0.15, 0.2) is 42.5 Å². The first kappa shape index (κ1) is 16.9. The SMILES string of the molecule is COc1ccc(C(=O)OCc2ccc([N+](=O)[O-])cc2)cc1[N+](=O)[O-]. The molecule has 2 aromatic carbocycles. The summed E-state index contributed by atoms with van der Waals surface area (Å²) in [5.41, 5.74) is 0.138. The van der Waals surface area contributed by atoms with Crippen LogP contribution in [0.4, 0.5) is 11.4 Å². The van der Waals surface area contributed by atoms with Crippen molar-refractivity contribution in [1.29, 1.82) is 0 Å². The zero-order valence-electron chi connectivity index (χ0n) is 12.5. The molecule has 0 spiro atoms. The van der Waals surface area contributed by atoms with E-state index in [1.807, 2.05) is 0 Å². The Morgan fingerprint density at radius 3 is 2.25 bits per heavy atom. The number of esters is 1. The molecule has 9 heteroatoms. The Labute approximate surface area is 135 Å². The van der Waals surface area contributed by atoms with Crippen molar-refractivity contribution < 1.29 is 24.1 Å². The molecule has 0 aromatic heterocycles. The van der Waals surface area contributed by atoms with Gasteiger partial charge in [0.25, 0.3) is 5.69 Å². The predicted molar refractivity (Wildman–Crippen MR) is 81.9 cm³/mol. The Hall–Kier alpha value is -3.49. The van der Waals surface area contributed by atoms with Crippen LogP contribution in [0, 0.1) is 20.2 Å². The van der Waals surface area contributed by atoms with E-state index in [4.69, 9.17) is 9.47 Å². The van der Waals surface area contributed by atoms with Crippen LogP contribution in [0.1, 0.15) is 15.9 Å². The van der Waals surface area contributed by atoms with E-state index < -0.39 is 15.8 Å². The van der Waals surface area contributed by atoms with Gasteiger partial charge in [-0.15, -0.1) is 0 Å². The summed E-state index contributed by atoms with van der Waals surface area (Å²) in [6, 6.07) is 9.23. The Kier molecular flexibility index (Phi) is 5.05. The molecule has 24 heavy (non-hydrogen) atoms. The van der Waals surface area contributed by atoms with Crippen LogP contribution < -0.4 is 4.74 Å². The van der Waals surface area contributed by atoms with Crippen molar-refractivity contribution in [2.45, 2.75) is 6.61 Å². The molecule has 0 radical (unpaired) electrons. The number of hydrogen-bond acceptors (Lipinski definition) is 7. The van der Waals surface area contributed by atoms with Crippen LogP contribution in [0.5, 0.6) is 5.75 Å². The van der Waals surface area contributed by atoms with Crippen molar-refractivity contribution in [3.63, 3.8) is 0 Å². The van der Waals surface area contributed by atoms with Crippen LogP contribution in [0.2, 0.25) is 0 Å². The molecule has 0 atom stereocenters. The third-order valence-electron chi connectivity index (χ3n) is 3.13. The van der Waals surface area contributed by atoms with Crippen molar-refractivity contribution in [1.82, 2.24) is 0 Å². The molecule has 0 amide bonds. The average molecular weight is 332 g/mol. The molecule has 0 saturated carbocycles. The Balaban J connectivity index is 2.08. The lowest BCUT2D eigenvalue weighted by molar-refractivity contribution is -0.385. The minimum atomic E-state index is -0.751. The summed E-state index contributed by atoms with van der Waals surface area (Å²) in [7, 11) is 1.29. The molecule has 2 rings (SSSR count). The van der Waals surface area contributed by atoms with Gasteiger partial charge in [0.2, 0.25) is 0 Å². The van der Waals surface area contributed by atoms with Gasteiger partial charge in [-0.05, 0) is 29.8 Å². The van der Waals surface area contributed by atoms with Crippen molar-refractivity contribution in [2.24, 2.45) is 0 Å². The van der Waals surface area contributed by atoms with E-state index in [0.29, 0.717) is 5.56 Å². The molecule has 2 aromatic rings. The van der Waals surface area contributed by atoms with Gasteiger partial charge in [0, 0.05) is 18.2 Å². The highest BCUT2D eigenvalue weighted by atomic mass is 16.6. The zero-order valence-corrected chi connectivity index (χ0v) is 12.5. The molecular weight excluding hydrogens is 320 g/mol. The molecule has 0 N–H and O–H groups in total. The minimum absolute atomic E-state index is 0.00408. The number of hydrogen-bond donors (Lipinski definition) is 0. The first-order valence-electron chi connectivity index (χ1n) is 6.65. The van der Waals surface area contributed by atoms with E-state index in [0.717, 1.165) is 6.07 Å². The number of rotatable bonds is 6. The fraction of sp³-hybridized carbons (Fsp3) is 0.133. The Bertz CT molecular complexity index is 787. The fourth-order valence-electron chi connectivity index (χ4n) is 1.91. The number of methoxy groups -OCH3 is 1. The topological polar surface area (TPSA) is 122 Å². The lowest BCUT2D eigenvalue weighted by Crippen LogP contribution is -2.06. The lowest BCUT2D eigenvalue weighted by atomic mass is 10.2. The Morgan fingerprint density at radius 1 is 1.04 bits per heavy atom. The summed E-state index contributed by atoms with van der Waals surface area (Å²) in [4.78, 5) is 32.3. The maximum absolute atomic E-state index is 12.0. The lowest BCUT2D eigenvalue weighted by Gasteiger charge is -2.06. The Morgan fingerprint density at radius 2 is 1.71 bits per heavy atom. The smallest absolute Gasteiger partial charge is 0.338 e. The van der Waals surface area contributed by atoms with Crippen molar-refractivity contribution in [2.75, 3.05) is 7.11 Å². The second-order valence-electron chi connectivity index (χ2n) is 4.64. The number of nitrogens with zero attached hydrogens (tertiary/aromatic N) is 2. The molecule has 124 valence electrons.